The molecule has 0 aliphatic rings. The summed E-state index contributed by atoms with van der Waals surface area (Å²) in [6.45, 7) is 0. The van der Waals surface area contributed by atoms with Crippen molar-refractivity contribution >= 4 is 43.8 Å². The van der Waals surface area contributed by atoms with Crippen molar-refractivity contribution in [1.29, 1.82) is 0 Å². The number of hydrogen-bond acceptors (Lipinski definition) is 3. The number of hydrogen-bond donors (Lipinski definition) is 0. The van der Waals surface area contributed by atoms with Gasteiger partial charge in [0, 0.05) is 12.1 Å². The molecular weight excluding hydrogens is 228 g/mol. The predicted molar refractivity (Wildman–Crippen MR) is 47.2 cm³/mol. The Labute approximate surface area is 74.9 Å². The van der Waals surface area contributed by atoms with Gasteiger partial charge >= 0.3 is 0 Å². The van der Waals surface area contributed by atoms with Crippen LogP contribution >= 0.6 is 27.3 Å². The molecule has 0 spiro atoms. The van der Waals surface area contributed by atoms with E-state index in [1.807, 2.05) is 6.07 Å². The molecule has 0 aromatic carbocycles. The fourth-order valence-corrected chi connectivity index (χ4v) is 2.27. The third-order valence-electron chi connectivity index (χ3n) is 1.31. The van der Waals surface area contributed by atoms with Crippen molar-refractivity contribution in [3.8, 4) is 0 Å². The van der Waals surface area contributed by atoms with Gasteiger partial charge in [-0.05, 0) is 15.9 Å². The molecule has 2 aromatic rings. The van der Waals surface area contributed by atoms with Crippen molar-refractivity contribution < 1.29 is 9.21 Å². The van der Waals surface area contributed by atoms with E-state index in [-0.39, 0.29) is 0 Å². The Hall–Kier alpha value is -0.610. The van der Waals surface area contributed by atoms with Gasteiger partial charge in [-0.15, -0.1) is 11.3 Å². The SMILES string of the molecule is O=Cc1cc2oc(Br)cc2s1. The molecule has 56 valence electrons. The summed E-state index contributed by atoms with van der Waals surface area (Å²) in [5.41, 5.74) is 0.768. The minimum absolute atomic E-state index is 0.700. The van der Waals surface area contributed by atoms with Gasteiger partial charge in [-0.1, -0.05) is 0 Å². The van der Waals surface area contributed by atoms with Crippen LogP contribution in [0.15, 0.2) is 21.2 Å². The highest BCUT2D eigenvalue weighted by atomic mass is 79.9. The Bertz CT molecular complexity index is 370. The first-order valence-corrected chi connectivity index (χ1v) is 4.54. The highest BCUT2D eigenvalue weighted by molar-refractivity contribution is 9.10. The number of thiophene rings is 1. The summed E-state index contributed by atoms with van der Waals surface area (Å²) in [5.74, 6) is 0. The lowest BCUT2D eigenvalue weighted by Gasteiger charge is -1.74. The average Bonchev–Trinajstić information content (AvgIpc) is 2.43. The maximum atomic E-state index is 10.3. The van der Waals surface area contributed by atoms with Gasteiger partial charge in [-0.3, -0.25) is 4.79 Å². The Morgan fingerprint density at radius 2 is 2.36 bits per heavy atom. The first-order chi connectivity index (χ1) is 5.29. The van der Waals surface area contributed by atoms with E-state index >= 15 is 0 Å². The van der Waals surface area contributed by atoms with Crippen molar-refractivity contribution in [3.05, 3.63) is 21.7 Å². The third kappa shape index (κ3) is 1.12. The predicted octanol–water partition coefficient (Wildman–Crippen LogP) is 3.07. The zero-order valence-corrected chi connectivity index (χ0v) is 7.74. The summed E-state index contributed by atoms with van der Waals surface area (Å²) in [4.78, 5) is 11.0. The number of aldehydes is 1. The van der Waals surface area contributed by atoms with E-state index in [4.69, 9.17) is 4.42 Å². The molecule has 2 rings (SSSR count). The highest BCUT2D eigenvalue weighted by Crippen LogP contribution is 2.29. The van der Waals surface area contributed by atoms with Crippen LogP contribution in [0.2, 0.25) is 0 Å². The maximum absolute atomic E-state index is 10.3. The van der Waals surface area contributed by atoms with Crippen LogP contribution in [0.5, 0.6) is 0 Å². The average molecular weight is 231 g/mol. The molecule has 2 nitrogen and oxygen atoms in total. The molecule has 2 heterocycles. The largest absolute Gasteiger partial charge is 0.448 e. The van der Waals surface area contributed by atoms with Gasteiger partial charge in [0.05, 0.1) is 9.58 Å². The van der Waals surface area contributed by atoms with E-state index in [0.717, 1.165) is 16.6 Å². The normalized spacial score (nSPS) is 10.6. The lowest BCUT2D eigenvalue weighted by Crippen LogP contribution is -1.63. The molecule has 11 heavy (non-hydrogen) atoms. The molecular formula is C7H3BrO2S. The van der Waals surface area contributed by atoms with E-state index in [0.29, 0.717) is 9.55 Å². The maximum Gasteiger partial charge on any atom is 0.171 e. The van der Waals surface area contributed by atoms with Gasteiger partial charge in [0.25, 0.3) is 0 Å². The first-order valence-electron chi connectivity index (χ1n) is 2.93. The monoisotopic (exact) mass is 230 g/mol. The number of carbonyl (C=O) groups is 1. The summed E-state index contributed by atoms with van der Waals surface area (Å²) in [6.07, 6.45) is 0.827. The Kier molecular flexibility index (Phi) is 1.58. The molecule has 2 aromatic heterocycles. The van der Waals surface area contributed by atoms with E-state index in [1.165, 1.54) is 11.3 Å². The van der Waals surface area contributed by atoms with Crippen LogP contribution in [0.1, 0.15) is 9.67 Å². The molecule has 0 N–H and O–H groups in total. The van der Waals surface area contributed by atoms with Gasteiger partial charge in [0.1, 0.15) is 5.58 Å². The fourth-order valence-electron chi connectivity index (χ4n) is 0.883. The minimum atomic E-state index is 0.700. The van der Waals surface area contributed by atoms with Gasteiger partial charge in [-0.2, -0.15) is 0 Å². The Morgan fingerprint density at radius 1 is 1.55 bits per heavy atom. The number of halogens is 1. The highest BCUT2D eigenvalue weighted by Gasteiger charge is 2.05. The van der Waals surface area contributed by atoms with Crippen LogP contribution in [0.4, 0.5) is 0 Å². The zero-order chi connectivity index (χ0) is 7.84. The van der Waals surface area contributed by atoms with Crippen molar-refractivity contribution in [2.75, 3.05) is 0 Å². The summed E-state index contributed by atoms with van der Waals surface area (Å²) < 4.78 is 6.92. The van der Waals surface area contributed by atoms with Crippen LogP contribution in [-0.4, -0.2) is 6.29 Å². The van der Waals surface area contributed by atoms with Crippen LogP contribution in [-0.2, 0) is 0 Å². The molecule has 0 aliphatic carbocycles. The van der Waals surface area contributed by atoms with E-state index < -0.39 is 0 Å². The standard InChI is InChI=1S/C7H3BrO2S/c8-7-2-6-5(10-7)1-4(3-9)11-6/h1-3H. The van der Waals surface area contributed by atoms with Crippen LogP contribution < -0.4 is 0 Å². The Balaban J connectivity index is 2.72. The van der Waals surface area contributed by atoms with Gasteiger partial charge in [0.15, 0.2) is 11.0 Å². The molecule has 0 fully saturated rings. The summed E-state index contributed by atoms with van der Waals surface area (Å²) >= 11 is 4.63. The molecule has 0 bridgehead atoms. The number of furan rings is 1. The van der Waals surface area contributed by atoms with Crippen LogP contribution in [0.3, 0.4) is 0 Å². The van der Waals surface area contributed by atoms with Crippen LogP contribution in [0.25, 0.3) is 10.3 Å². The summed E-state index contributed by atoms with van der Waals surface area (Å²) in [7, 11) is 0. The summed E-state index contributed by atoms with van der Waals surface area (Å²) in [5, 5.41) is 0. The molecule has 0 radical (unpaired) electrons. The quantitative estimate of drug-likeness (QED) is 0.706. The second kappa shape index (κ2) is 2.46. The van der Waals surface area contributed by atoms with Crippen molar-refractivity contribution in [1.82, 2.24) is 0 Å². The number of rotatable bonds is 1. The molecule has 0 unspecified atom stereocenters. The molecule has 0 saturated carbocycles. The topological polar surface area (TPSA) is 30.2 Å². The smallest absolute Gasteiger partial charge is 0.171 e. The van der Waals surface area contributed by atoms with Crippen molar-refractivity contribution in [2.45, 2.75) is 0 Å². The second-order valence-corrected chi connectivity index (χ2v) is 3.94. The van der Waals surface area contributed by atoms with E-state index in [1.54, 1.807) is 6.07 Å². The lowest BCUT2D eigenvalue weighted by atomic mass is 10.4. The molecule has 0 atom stereocenters. The van der Waals surface area contributed by atoms with Crippen molar-refractivity contribution in [3.63, 3.8) is 0 Å². The molecule has 4 heteroatoms. The van der Waals surface area contributed by atoms with E-state index in [2.05, 4.69) is 15.9 Å². The van der Waals surface area contributed by atoms with Gasteiger partial charge < -0.3 is 4.42 Å². The van der Waals surface area contributed by atoms with Gasteiger partial charge in [0.2, 0.25) is 0 Å². The molecule has 0 amide bonds. The minimum Gasteiger partial charge on any atom is -0.448 e. The van der Waals surface area contributed by atoms with E-state index in [9.17, 15) is 4.79 Å². The number of fused-ring (bicyclic) bond motifs is 1. The zero-order valence-electron chi connectivity index (χ0n) is 5.33. The third-order valence-corrected chi connectivity index (χ3v) is 2.69. The molecule has 0 saturated heterocycles. The fraction of sp³-hybridized carbons (Fsp3) is 0. The van der Waals surface area contributed by atoms with Crippen molar-refractivity contribution in [2.24, 2.45) is 0 Å². The first kappa shape index (κ1) is 7.06. The second-order valence-electron chi connectivity index (χ2n) is 2.05. The molecule has 0 aliphatic heterocycles. The number of carbonyl (C=O) groups excluding carboxylic acids is 1. The summed E-state index contributed by atoms with van der Waals surface area (Å²) in [6, 6.07) is 3.59. The Morgan fingerprint density at radius 3 is 3.00 bits per heavy atom. The van der Waals surface area contributed by atoms with Gasteiger partial charge in [-0.25, -0.2) is 0 Å². The van der Waals surface area contributed by atoms with Crippen LogP contribution in [0, 0.1) is 0 Å². The lowest BCUT2D eigenvalue weighted by molar-refractivity contribution is 0.112.